The lowest BCUT2D eigenvalue weighted by Crippen LogP contribution is -2.43. The number of hydrogen-bond donors (Lipinski definition) is 0. The highest BCUT2D eigenvalue weighted by Gasteiger charge is 2.45. The molecule has 1 spiro atoms. The van der Waals surface area contributed by atoms with E-state index in [1.807, 2.05) is 12.3 Å². The van der Waals surface area contributed by atoms with Gasteiger partial charge in [0.15, 0.2) is 5.79 Å². The molecule has 4 nitrogen and oxygen atoms in total. The van der Waals surface area contributed by atoms with Gasteiger partial charge in [0, 0.05) is 24.6 Å². The second kappa shape index (κ2) is 7.07. The fourth-order valence-corrected chi connectivity index (χ4v) is 3.80. The minimum atomic E-state index is -0.271. The first kappa shape index (κ1) is 15.9. The first-order valence-electron chi connectivity index (χ1n) is 8.60. The molecule has 0 radical (unpaired) electrons. The van der Waals surface area contributed by atoms with Gasteiger partial charge < -0.3 is 9.47 Å². The van der Waals surface area contributed by atoms with E-state index >= 15 is 0 Å². The summed E-state index contributed by atoms with van der Waals surface area (Å²) in [6.45, 7) is 4.80. The summed E-state index contributed by atoms with van der Waals surface area (Å²) in [7, 11) is 2.19. The first-order chi connectivity index (χ1) is 10.7. The zero-order valence-electron chi connectivity index (χ0n) is 13.8. The second-order valence-electron chi connectivity index (χ2n) is 6.65. The molecular formula is C18H28N2O2. The maximum absolute atomic E-state index is 6.02. The monoisotopic (exact) mass is 304 g/mol. The van der Waals surface area contributed by atoms with E-state index in [2.05, 4.69) is 36.0 Å². The molecule has 1 aromatic rings. The van der Waals surface area contributed by atoms with E-state index < -0.39 is 0 Å². The lowest BCUT2D eigenvalue weighted by atomic mass is 9.81. The Bertz CT molecular complexity index is 459. The normalized spacial score (nSPS) is 25.7. The summed E-state index contributed by atoms with van der Waals surface area (Å²) in [6.07, 6.45) is 7.84. The average molecular weight is 304 g/mol. The van der Waals surface area contributed by atoms with Crippen LogP contribution in [0.25, 0.3) is 0 Å². The molecule has 3 rings (SSSR count). The standard InChI is InChI=1S/C18H28N2O2/c1-15(17-8-4-6-11-19-17)20(2)12-9-16-7-3-5-10-18(16)21-13-14-22-18/h4,6,8,11,15-16H,3,5,7,9-10,12-14H2,1-2H3/t15-,16+/m0/s1. The van der Waals surface area contributed by atoms with Crippen molar-refractivity contribution in [3.8, 4) is 0 Å². The fraction of sp³-hybridized carbons (Fsp3) is 0.722. The molecule has 0 aromatic carbocycles. The molecule has 1 saturated heterocycles. The van der Waals surface area contributed by atoms with Gasteiger partial charge in [0.1, 0.15) is 0 Å². The quantitative estimate of drug-likeness (QED) is 0.835. The van der Waals surface area contributed by atoms with Crippen LogP contribution in [-0.4, -0.2) is 42.5 Å². The maximum atomic E-state index is 6.02. The number of ether oxygens (including phenoxy) is 2. The molecule has 1 aromatic heterocycles. The van der Waals surface area contributed by atoms with Crippen LogP contribution < -0.4 is 0 Å². The number of rotatable bonds is 5. The third-order valence-electron chi connectivity index (χ3n) is 5.33. The Morgan fingerprint density at radius 3 is 2.86 bits per heavy atom. The molecule has 2 aliphatic rings. The molecule has 1 aliphatic heterocycles. The molecule has 0 bridgehead atoms. The predicted molar refractivity (Wildman–Crippen MR) is 86.5 cm³/mol. The van der Waals surface area contributed by atoms with E-state index in [1.54, 1.807) is 0 Å². The maximum Gasteiger partial charge on any atom is 0.171 e. The van der Waals surface area contributed by atoms with E-state index in [0.717, 1.165) is 38.3 Å². The predicted octanol–water partition coefficient (Wildman–Crippen LogP) is 3.40. The van der Waals surface area contributed by atoms with Crippen LogP contribution in [0.2, 0.25) is 0 Å². The summed E-state index contributed by atoms with van der Waals surface area (Å²) in [6, 6.07) is 6.47. The molecule has 2 atom stereocenters. The van der Waals surface area contributed by atoms with Crippen LogP contribution in [0.5, 0.6) is 0 Å². The van der Waals surface area contributed by atoms with Crippen molar-refractivity contribution in [3.63, 3.8) is 0 Å². The topological polar surface area (TPSA) is 34.6 Å². The fourth-order valence-electron chi connectivity index (χ4n) is 3.80. The Kier molecular flexibility index (Phi) is 5.11. The molecular weight excluding hydrogens is 276 g/mol. The number of hydrogen-bond acceptors (Lipinski definition) is 4. The van der Waals surface area contributed by atoms with Crippen LogP contribution in [0.3, 0.4) is 0 Å². The van der Waals surface area contributed by atoms with E-state index in [4.69, 9.17) is 9.47 Å². The molecule has 0 amide bonds. The van der Waals surface area contributed by atoms with Crippen LogP contribution in [0, 0.1) is 5.92 Å². The molecule has 122 valence electrons. The van der Waals surface area contributed by atoms with Crippen molar-refractivity contribution in [2.75, 3.05) is 26.8 Å². The van der Waals surface area contributed by atoms with Crippen molar-refractivity contribution in [3.05, 3.63) is 30.1 Å². The van der Waals surface area contributed by atoms with Crippen LogP contribution >= 0.6 is 0 Å². The average Bonchev–Trinajstić information content (AvgIpc) is 3.03. The summed E-state index contributed by atoms with van der Waals surface area (Å²) >= 11 is 0. The van der Waals surface area contributed by atoms with Crippen molar-refractivity contribution in [2.24, 2.45) is 5.92 Å². The van der Waals surface area contributed by atoms with Gasteiger partial charge in [0.2, 0.25) is 0 Å². The van der Waals surface area contributed by atoms with Crippen LogP contribution in [-0.2, 0) is 9.47 Å². The Morgan fingerprint density at radius 1 is 1.32 bits per heavy atom. The lowest BCUT2D eigenvalue weighted by Gasteiger charge is -2.40. The minimum absolute atomic E-state index is 0.271. The Morgan fingerprint density at radius 2 is 2.14 bits per heavy atom. The molecule has 0 N–H and O–H groups in total. The summed E-state index contributed by atoms with van der Waals surface area (Å²) < 4.78 is 12.0. The summed E-state index contributed by atoms with van der Waals surface area (Å²) in [4.78, 5) is 6.86. The molecule has 1 saturated carbocycles. The van der Waals surface area contributed by atoms with Crippen LogP contribution in [0.1, 0.15) is 50.8 Å². The Balaban J connectivity index is 1.56. The third kappa shape index (κ3) is 3.34. The molecule has 22 heavy (non-hydrogen) atoms. The van der Waals surface area contributed by atoms with Gasteiger partial charge in [-0.3, -0.25) is 9.88 Å². The highest BCUT2D eigenvalue weighted by molar-refractivity contribution is 5.07. The summed E-state index contributed by atoms with van der Waals surface area (Å²) in [5.74, 6) is 0.259. The van der Waals surface area contributed by atoms with Gasteiger partial charge in [-0.1, -0.05) is 12.5 Å². The SMILES string of the molecule is C[C@@H](c1ccccn1)N(C)CC[C@H]1CCCCC12OCCO2. The zero-order chi connectivity index (χ0) is 15.4. The van der Waals surface area contributed by atoms with E-state index in [9.17, 15) is 0 Å². The van der Waals surface area contributed by atoms with Gasteiger partial charge in [-0.05, 0) is 51.9 Å². The molecule has 4 heteroatoms. The number of nitrogens with zero attached hydrogens (tertiary/aromatic N) is 2. The zero-order valence-corrected chi connectivity index (χ0v) is 13.8. The molecule has 2 fully saturated rings. The van der Waals surface area contributed by atoms with Crippen molar-refractivity contribution < 1.29 is 9.47 Å². The smallest absolute Gasteiger partial charge is 0.171 e. The van der Waals surface area contributed by atoms with Gasteiger partial charge in [-0.25, -0.2) is 0 Å². The van der Waals surface area contributed by atoms with Gasteiger partial charge in [-0.15, -0.1) is 0 Å². The van der Waals surface area contributed by atoms with Crippen molar-refractivity contribution in [1.82, 2.24) is 9.88 Å². The molecule has 1 aliphatic carbocycles. The first-order valence-corrected chi connectivity index (χ1v) is 8.60. The van der Waals surface area contributed by atoms with Crippen molar-refractivity contribution >= 4 is 0 Å². The number of pyridine rings is 1. The Labute approximate surface area is 133 Å². The van der Waals surface area contributed by atoms with Gasteiger partial charge in [0.25, 0.3) is 0 Å². The summed E-state index contributed by atoms with van der Waals surface area (Å²) in [5.41, 5.74) is 1.14. The minimum Gasteiger partial charge on any atom is -0.347 e. The van der Waals surface area contributed by atoms with E-state index in [0.29, 0.717) is 12.0 Å². The van der Waals surface area contributed by atoms with Gasteiger partial charge >= 0.3 is 0 Å². The largest absolute Gasteiger partial charge is 0.347 e. The molecule has 0 unspecified atom stereocenters. The van der Waals surface area contributed by atoms with Gasteiger partial charge in [-0.2, -0.15) is 0 Å². The third-order valence-corrected chi connectivity index (χ3v) is 5.33. The highest BCUT2D eigenvalue weighted by atomic mass is 16.7. The highest BCUT2D eigenvalue weighted by Crippen LogP contribution is 2.42. The second-order valence-corrected chi connectivity index (χ2v) is 6.65. The van der Waals surface area contributed by atoms with E-state index in [1.165, 1.54) is 19.3 Å². The number of aromatic nitrogens is 1. The van der Waals surface area contributed by atoms with Gasteiger partial charge in [0.05, 0.1) is 18.9 Å². The van der Waals surface area contributed by atoms with Crippen molar-refractivity contribution in [1.29, 1.82) is 0 Å². The van der Waals surface area contributed by atoms with Crippen molar-refractivity contribution in [2.45, 2.75) is 50.9 Å². The molecule has 2 heterocycles. The summed E-state index contributed by atoms with van der Waals surface area (Å²) in [5, 5.41) is 0. The Hall–Kier alpha value is -0.970. The van der Waals surface area contributed by atoms with E-state index in [-0.39, 0.29) is 5.79 Å². The van der Waals surface area contributed by atoms with Crippen LogP contribution in [0.15, 0.2) is 24.4 Å². The lowest BCUT2D eigenvalue weighted by molar-refractivity contribution is -0.214. The van der Waals surface area contributed by atoms with Crippen LogP contribution in [0.4, 0.5) is 0 Å².